The van der Waals surface area contributed by atoms with Gasteiger partial charge in [0.05, 0.1) is 12.7 Å². The normalized spacial score (nSPS) is 18.6. The SMILES string of the molecule is C=CC(=O)NC[C@@H]1Cc2ccccc2CO1. The van der Waals surface area contributed by atoms with Gasteiger partial charge < -0.3 is 10.1 Å². The van der Waals surface area contributed by atoms with Gasteiger partial charge in [-0.15, -0.1) is 0 Å². The average Bonchev–Trinajstić information content (AvgIpc) is 2.35. The van der Waals surface area contributed by atoms with Gasteiger partial charge in [0, 0.05) is 13.0 Å². The van der Waals surface area contributed by atoms with Gasteiger partial charge in [0.15, 0.2) is 0 Å². The average molecular weight is 217 g/mol. The van der Waals surface area contributed by atoms with Crippen LogP contribution in [0.1, 0.15) is 11.1 Å². The Morgan fingerprint density at radius 1 is 1.50 bits per heavy atom. The van der Waals surface area contributed by atoms with Gasteiger partial charge in [0.2, 0.25) is 5.91 Å². The van der Waals surface area contributed by atoms with E-state index in [-0.39, 0.29) is 12.0 Å². The Kier molecular flexibility index (Phi) is 3.37. The molecule has 0 spiro atoms. The van der Waals surface area contributed by atoms with Crippen LogP contribution in [0.3, 0.4) is 0 Å². The van der Waals surface area contributed by atoms with Crippen LogP contribution >= 0.6 is 0 Å². The molecule has 0 aliphatic carbocycles. The van der Waals surface area contributed by atoms with Crippen LogP contribution in [0.2, 0.25) is 0 Å². The second kappa shape index (κ2) is 4.94. The Hall–Kier alpha value is -1.61. The van der Waals surface area contributed by atoms with Gasteiger partial charge in [-0.2, -0.15) is 0 Å². The molecule has 16 heavy (non-hydrogen) atoms. The number of hydrogen-bond acceptors (Lipinski definition) is 2. The Morgan fingerprint density at radius 3 is 3.00 bits per heavy atom. The van der Waals surface area contributed by atoms with Gasteiger partial charge in [-0.1, -0.05) is 30.8 Å². The lowest BCUT2D eigenvalue weighted by Gasteiger charge is -2.25. The highest BCUT2D eigenvalue weighted by atomic mass is 16.5. The number of carbonyl (C=O) groups excluding carboxylic acids is 1. The van der Waals surface area contributed by atoms with Gasteiger partial charge in [-0.3, -0.25) is 4.79 Å². The van der Waals surface area contributed by atoms with Crippen molar-refractivity contribution in [1.29, 1.82) is 0 Å². The number of rotatable bonds is 3. The van der Waals surface area contributed by atoms with Gasteiger partial charge in [0.25, 0.3) is 0 Å². The highest BCUT2D eigenvalue weighted by Gasteiger charge is 2.18. The number of nitrogens with one attached hydrogen (secondary N) is 1. The van der Waals surface area contributed by atoms with E-state index in [1.807, 2.05) is 12.1 Å². The van der Waals surface area contributed by atoms with E-state index in [0.717, 1.165) is 6.42 Å². The summed E-state index contributed by atoms with van der Waals surface area (Å²) in [4.78, 5) is 11.0. The minimum absolute atomic E-state index is 0.0683. The number of carbonyl (C=O) groups is 1. The summed E-state index contributed by atoms with van der Waals surface area (Å²) in [6.07, 6.45) is 2.20. The number of benzene rings is 1. The van der Waals surface area contributed by atoms with E-state index in [1.54, 1.807) is 0 Å². The molecule has 0 bridgehead atoms. The summed E-state index contributed by atoms with van der Waals surface area (Å²) >= 11 is 0. The summed E-state index contributed by atoms with van der Waals surface area (Å²) in [6.45, 7) is 4.58. The summed E-state index contributed by atoms with van der Waals surface area (Å²) in [5.41, 5.74) is 2.56. The van der Waals surface area contributed by atoms with E-state index >= 15 is 0 Å². The maximum Gasteiger partial charge on any atom is 0.243 e. The molecule has 84 valence electrons. The summed E-state index contributed by atoms with van der Waals surface area (Å²) < 4.78 is 5.65. The molecule has 1 N–H and O–H groups in total. The van der Waals surface area contributed by atoms with Crippen molar-refractivity contribution in [2.45, 2.75) is 19.1 Å². The van der Waals surface area contributed by atoms with Crippen LogP contribution in [-0.2, 0) is 22.6 Å². The van der Waals surface area contributed by atoms with E-state index in [4.69, 9.17) is 4.74 Å². The third-order valence-corrected chi connectivity index (χ3v) is 2.73. The third kappa shape index (κ3) is 2.49. The minimum atomic E-state index is -0.151. The molecule has 0 aromatic heterocycles. The molecular weight excluding hydrogens is 202 g/mol. The molecule has 1 aromatic carbocycles. The molecule has 3 nitrogen and oxygen atoms in total. The predicted molar refractivity (Wildman–Crippen MR) is 61.9 cm³/mol. The molecule has 0 radical (unpaired) electrons. The van der Waals surface area contributed by atoms with Gasteiger partial charge >= 0.3 is 0 Å². The maximum atomic E-state index is 11.0. The zero-order chi connectivity index (χ0) is 11.4. The van der Waals surface area contributed by atoms with Crippen molar-refractivity contribution in [3.63, 3.8) is 0 Å². The van der Waals surface area contributed by atoms with Gasteiger partial charge in [-0.05, 0) is 17.2 Å². The first-order chi connectivity index (χ1) is 7.79. The number of hydrogen-bond donors (Lipinski definition) is 1. The molecule has 1 aliphatic heterocycles. The van der Waals surface area contributed by atoms with Gasteiger partial charge in [-0.25, -0.2) is 0 Å². The second-order valence-electron chi connectivity index (χ2n) is 3.86. The van der Waals surface area contributed by atoms with Crippen LogP contribution in [0.5, 0.6) is 0 Å². The van der Waals surface area contributed by atoms with Crippen molar-refractivity contribution in [3.8, 4) is 0 Å². The van der Waals surface area contributed by atoms with Crippen molar-refractivity contribution in [3.05, 3.63) is 48.0 Å². The van der Waals surface area contributed by atoms with E-state index in [2.05, 4.69) is 24.0 Å². The summed E-state index contributed by atoms with van der Waals surface area (Å²) in [5.74, 6) is -0.151. The number of ether oxygens (including phenoxy) is 1. The summed E-state index contributed by atoms with van der Waals surface area (Å²) in [7, 11) is 0. The molecule has 1 aliphatic rings. The molecule has 0 fully saturated rings. The topological polar surface area (TPSA) is 38.3 Å². The van der Waals surface area contributed by atoms with E-state index in [1.165, 1.54) is 17.2 Å². The standard InChI is InChI=1S/C13H15NO2/c1-2-13(15)14-8-12-7-10-5-3-4-6-11(10)9-16-12/h2-6,12H,1,7-9H2,(H,14,15)/t12-/m0/s1. The van der Waals surface area contributed by atoms with Crippen molar-refractivity contribution in [2.24, 2.45) is 0 Å². The predicted octanol–water partition coefficient (Wildman–Crippen LogP) is 1.43. The molecule has 1 heterocycles. The Bertz CT molecular complexity index is 401. The molecule has 0 saturated carbocycles. The first-order valence-corrected chi connectivity index (χ1v) is 5.38. The van der Waals surface area contributed by atoms with Crippen LogP contribution in [-0.4, -0.2) is 18.6 Å². The fraction of sp³-hybridized carbons (Fsp3) is 0.308. The van der Waals surface area contributed by atoms with Crippen molar-refractivity contribution < 1.29 is 9.53 Å². The van der Waals surface area contributed by atoms with Crippen LogP contribution < -0.4 is 5.32 Å². The fourth-order valence-electron chi connectivity index (χ4n) is 1.83. The van der Waals surface area contributed by atoms with Crippen LogP contribution in [0, 0.1) is 0 Å². The number of fused-ring (bicyclic) bond motifs is 1. The number of amides is 1. The largest absolute Gasteiger partial charge is 0.371 e. The zero-order valence-corrected chi connectivity index (χ0v) is 9.11. The third-order valence-electron chi connectivity index (χ3n) is 2.73. The Morgan fingerprint density at radius 2 is 2.25 bits per heavy atom. The minimum Gasteiger partial charge on any atom is -0.371 e. The summed E-state index contributed by atoms with van der Waals surface area (Å²) in [6, 6.07) is 8.24. The highest BCUT2D eigenvalue weighted by molar-refractivity contribution is 5.86. The second-order valence-corrected chi connectivity index (χ2v) is 3.86. The van der Waals surface area contributed by atoms with Gasteiger partial charge in [0.1, 0.15) is 0 Å². The lowest BCUT2D eigenvalue weighted by molar-refractivity contribution is -0.117. The van der Waals surface area contributed by atoms with E-state index < -0.39 is 0 Å². The Balaban J connectivity index is 1.93. The molecule has 1 atom stereocenters. The quantitative estimate of drug-likeness (QED) is 0.778. The molecule has 0 unspecified atom stereocenters. The maximum absolute atomic E-state index is 11.0. The molecule has 2 rings (SSSR count). The van der Waals surface area contributed by atoms with Crippen molar-refractivity contribution >= 4 is 5.91 Å². The Labute approximate surface area is 95.1 Å². The molecule has 0 saturated heterocycles. The van der Waals surface area contributed by atoms with Crippen LogP contribution in [0.25, 0.3) is 0 Å². The van der Waals surface area contributed by atoms with Crippen molar-refractivity contribution in [1.82, 2.24) is 5.32 Å². The first kappa shape index (κ1) is 10.9. The molecular formula is C13H15NO2. The van der Waals surface area contributed by atoms with Crippen LogP contribution in [0.4, 0.5) is 0 Å². The monoisotopic (exact) mass is 217 g/mol. The summed E-state index contributed by atoms with van der Waals surface area (Å²) in [5, 5.41) is 2.75. The molecule has 1 amide bonds. The fourth-order valence-corrected chi connectivity index (χ4v) is 1.83. The van der Waals surface area contributed by atoms with Crippen molar-refractivity contribution in [2.75, 3.05) is 6.54 Å². The lowest BCUT2D eigenvalue weighted by atomic mass is 9.99. The molecule has 3 heteroatoms. The first-order valence-electron chi connectivity index (χ1n) is 5.38. The lowest BCUT2D eigenvalue weighted by Crippen LogP contribution is -2.35. The zero-order valence-electron chi connectivity index (χ0n) is 9.11. The smallest absolute Gasteiger partial charge is 0.243 e. The highest BCUT2D eigenvalue weighted by Crippen LogP contribution is 2.19. The van der Waals surface area contributed by atoms with E-state index in [9.17, 15) is 4.79 Å². The van der Waals surface area contributed by atoms with E-state index in [0.29, 0.717) is 13.2 Å². The van der Waals surface area contributed by atoms with Crippen LogP contribution in [0.15, 0.2) is 36.9 Å². The molecule has 1 aromatic rings.